The molecule has 0 radical (unpaired) electrons. The average molecular weight is 552 g/mol. The van der Waals surface area contributed by atoms with Crippen LogP contribution in [0, 0.1) is 0 Å². The molecular weight excluding hydrogens is 536 g/mol. The van der Waals surface area contributed by atoms with E-state index >= 15 is 0 Å². The number of carbonyl (C=O) groups is 1. The van der Waals surface area contributed by atoms with Gasteiger partial charge in [0.25, 0.3) is 5.56 Å². The Bertz CT molecular complexity index is 1330. The SMILES string of the molecule is CCOC(=O)C1=C(C)N=c2s/c(=C\c3ccc(Br)o3)c(=O)n2[C@H]1c1ccc(Br)cc1. The molecule has 0 amide bonds. The molecule has 0 spiro atoms. The molecule has 4 rings (SSSR count). The molecule has 1 atom stereocenters. The Hall–Kier alpha value is -2.23. The van der Waals surface area contributed by atoms with E-state index in [-0.39, 0.29) is 12.2 Å². The predicted molar refractivity (Wildman–Crippen MR) is 121 cm³/mol. The number of ether oxygens (including phenoxy) is 1. The quantitative estimate of drug-likeness (QED) is 0.461. The standard InChI is InChI=1S/C21H16Br2N2O4S/c1-3-28-20(27)17-11(2)24-21-25(18(17)12-4-6-13(22)7-5-12)19(26)15(30-21)10-14-8-9-16(23)29-14/h4-10,18H,3H2,1-2H3/b15-10-/t18-/m0/s1. The highest BCUT2D eigenvalue weighted by molar-refractivity contribution is 9.10. The molecule has 0 fully saturated rings. The first-order valence-corrected chi connectivity index (χ1v) is 11.5. The largest absolute Gasteiger partial charge is 0.463 e. The molecular formula is C21H16Br2N2O4S. The summed E-state index contributed by atoms with van der Waals surface area (Å²) in [6.45, 7) is 3.75. The summed E-state index contributed by atoms with van der Waals surface area (Å²) >= 11 is 7.95. The third-order valence-corrected chi connectivity index (χ3v) is 6.51. The number of fused-ring (bicyclic) bond motifs is 1. The summed E-state index contributed by atoms with van der Waals surface area (Å²) < 4.78 is 14.3. The third-order valence-electron chi connectivity index (χ3n) is 4.57. The predicted octanol–water partition coefficient (Wildman–Crippen LogP) is 3.92. The van der Waals surface area contributed by atoms with Crippen molar-refractivity contribution < 1.29 is 13.9 Å². The van der Waals surface area contributed by atoms with Gasteiger partial charge in [-0.2, -0.15) is 0 Å². The van der Waals surface area contributed by atoms with Crippen molar-refractivity contribution in [2.24, 2.45) is 4.99 Å². The van der Waals surface area contributed by atoms with E-state index in [1.165, 1.54) is 11.3 Å². The number of allylic oxidation sites excluding steroid dienone is 1. The van der Waals surface area contributed by atoms with Crippen molar-refractivity contribution in [2.75, 3.05) is 6.61 Å². The van der Waals surface area contributed by atoms with Crippen LogP contribution in [-0.2, 0) is 9.53 Å². The van der Waals surface area contributed by atoms with Gasteiger partial charge in [0.1, 0.15) is 5.76 Å². The molecule has 3 aromatic rings. The monoisotopic (exact) mass is 550 g/mol. The minimum absolute atomic E-state index is 0.237. The fourth-order valence-corrected chi connectivity index (χ4v) is 4.90. The van der Waals surface area contributed by atoms with Crippen molar-refractivity contribution in [3.63, 3.8) is 0 Å². The van der Waals surface area contributed by atoms with Gasteiger partial charge in [-0.15, -0.1) is 0 Å². The minimum Gasteiger partial charge on any atom is -0.463 e. The van der Waals surface area contributed by atoms with Gasteiger partial charge in [0.2, 0.25) is 0 Å². The lowest BCUT2D eigenvalue weighted by atomic mass is 9.96. The number of rotatable bonds is 4. The smallest absolute Gasteiger partial charge is 0.338 e. The molecule has 0 aliphatic carbocycles. The number of hydrogen-bond donors (Lipinski definition) is 0. The molecule has 9 heteroatoms. The second-order valence-corrected chi connectivity index (χ2v) is 9.20. The van der Waals surface area contributed by atoms with E-state index in [4.69, 9.17) is 9.15 Å². The number of thiazole rings is 1. The number of furan rings is 1. The molecule has 1 aliphatic rings. The first-order valence-electron chi connectivity index (χ1n) is 9.09. The minimum atomic E-state index is -0.626. The number of halogens is 2. The molecule has 0 bridgehead atoms. The third kappa shape index (κ3) is 3.89. The number of hydrogen-bond acceptors (Lipinski definition) is 6. The maximum absolute atomic E-state index is 13.4. The van der Waals surface area contributed by atoms with Gasteiger partial charge in [-0.05, 0) is 59.6 Å². The summed E-state index contributed by atoms with van der Waals surface area (Å²) in [7, 11) is 0. The number of aromatic nitrogens is 1. The Kier molecular flexibility index (Phi) is 5.95. The zero-order valence-electron chi connectivity index (χ0n) is 16.0. The topological polar surface area (TPSA) is 73.8 Å². The fraction of sp³-hybridized carbons (Fsp3) is 0.190. The molecule has 1 aromatic carbocycles. The van der Waals surface area contributed by atoms with E-state index in [9.17, 15) is 9.59 Å². The van der Waals surface area contributed by atoms with Gasteiger partial charge in [0.05, 0.1) is 28.5 Å². The van der Waals surface area contributed by atoms with Gasteiger partial charge in [-0.1, -0.05) is 39.4 Å². The van der Waals surface area contributed by atoms with Crippen molar-refractivity contribution in [1.29, 1.82) is 0 Å². The van der Waals surface area contributed by atoms with E-state index in [0.717, 1.165) is 10.0 Å². The van der Waals surface area contributed by atoms with Gasteiger partial charge in [-0.3, -0.25) is 9.36 Å². The van der Waals surface area contributed by atoms with Crippen LogP contribution in [-0.4, -0.2) is 17.1 Å². The molecule has 3 heterocycles. The molecule has 0 saturated carbocycles. The summed E-state index contributed by atoms with van der Waals surface area (Å²) in [5.41, 5.74) is 1.45. The summed E-state index contributed by atoms with van der Waals surface area (Å²) in [5, 5.41) is 0. The Morgan fingerprint density at radius 3 is 2.63 bits per heavy atom. The summed E-state index contributed by atoms with van der Waals surface area (Å²) in [6, 6.07) is 10.4. The molecule has 6 nitrogen and oxygen atoms in total. The van der Waals surface area contributed by atoms with E-state index in [0.29, 0.717) is 31.0 Å². The maximum Gasteiger partial charge on any atom is 0.338 e. The van der Waals surface area contributed by atoms with Crippen molar-refractivity contribution in [3.05, 3.63) is 87.8 Å². The molecule has 154 valence electrons. The second kappa shape index (κ2) is 8.49. The molecule has 30 heavy (non-hydrogen) atoms. The lowest BCUT2D eigenvalue weighted by molar-refractivity contribution is -0.139. The van der Waals surface area contributed by atoms with Crippen LogP contribution >= 0.6 is 43.2 Å². The van der Waals surface area contributed by atoms with Crippen LogP contribution in [0.25, 0.3) is 6.08 Å². The first kappa shape index (κ1) is 21.0. The summed E-state index contributed by atoms with van der Waals surface area (Å²) in [6.07, 6.45) is 1.68. The van der Waals surface area contributed by atoms with Crippen LogP contribution in [0.4, 0.5) is 0 Å². The van der Waals surface area contributed by atoms with Crippen LogP contribution in [0.3, 0.4) is 0 Å². The van der Waals surface area contributed by atoms with Crippen molar-refractivity contribution >= 4 is 55.2 Å². The van der Waals surface area contributed by atoms with Crippen LogP contribution in [0.15, 0.2) is 71.0 Å². The van der Waals surface area contributed by atoms with Crippen LogP contribution in [0.1, 0.15) is 31.2 Å². The van der Waals surface area contributed by atoms with Gasteiger partial charge in [0, 0.05) is 10.5 Å². The Balaban J connectivity index is 1.96. The molecule has 2 aromatic heterocycles. The number of esters is 1. The molecule has 1 aliphatic heterocycles. The van der Waals surface area contributed by atoms with Crippen molar-refractivity contribution in [2.45, 2.75) is 19.9 Å². The molecule has 0 N–H and O–H groups in total. The number of nitrogens with zero attached hydrogens (tertiary/aromatic N) is 2. The summed E-state index contributed by atoms with van der Waals surface area (Å²) in [5.74, 6) is 0.0737. The van der Waals surface area contributed by atoms with E-state index in [2.05, 4.69) is 36.9 Å². The fourth-order valence-electron chi connectivity index (χ4n) is 3.29. The first-order chi connectivity index (χ1) is 14.4. The van der Waals surface area contributed by atoms with Gasteiger partial charge < -0.3 is 9.15 Å². The Morgan fingerprint density at radius 2 is 2.00 bits per heavy atom. The van der Waals surface area contributed by atoms with Gasteiger partial charge in [0.15, 0.2) is 9.47 Å². The highest BCUT2D eigenvalue weighted by Crippen LogP contribution is 2.31. The summed E-state index contributed by atoms with van der Waals surface area (Å²) in [4.78, 5) is 31.2. The number of benzene rings is 1. The molecule has 0 saturated heterocycles. The van der Waals surface area contributed by atoms with Crippen LogP contribution < -0.4 is 14.9 Å². The van der Waals surface area contributed by atoms with Crippen molar-refractivity contribution in [1.82, 2.24) is 4.57 Å². The highest BCUT2D eigenvalue weighted by Gasteiger charge is 2.33. The molecule has 0 unspecified atom stereocenters. The maximum atomic E-state index is 13.4. The van der Waals surface area contributed by atoms with Crippen LogP contribution in [0.5, 0.6) is 0 Å². The van der Waals surface area contributed by atoms with E-state index < -0.39 is 12.0 Å². The number of carbonyl (C=O) groups excluding carboxylic acids is 1. The van der Waals surface area contributed by atoms with Gasteiger partial charge >= 0.3 is 5.97 Å². The lowest BCUT2D eigenvalue weighted by Gasteiger charge is -2.24. The van der Waals surface area contributed by atoms with Gasteiger partial charge in [-0.25, -0.2) is 9.79 Å². The van der Waals surface area contributed by atoms with Crippen molar-refractivity contribution in [3.8, 4) is 0 Å². The average Bonchev–Trinajstić information content (AvgIpc) is 3.24. The Labute approximate surface area is 192 Å². The lowest BCUT2D eigenvalue weighted by Crippen LogP contribution is -2.39. The van der Waals surface area contributed by atoms with Crippen LogP contribution in [0.2, 0.25) is 0 Å². The second-order valence-electron chi connectivity index (χ2n) is 6.50. The highest BCUT2D eigenvalue weighted by atomic mass is 79.9. The zero-order chi connectivity index (χ0) is 21.4. The van der Waals surface area contributed by atoms with E-state index in [1.54, 1.807) is 36.6 Å². The normalized spacial score (nSPS) is 16.4. The zero-order valence-corrected chi connectivity index (χ0v) is 20.0. The Morgan fingerprint density at radius 1 is 1.27 bits per heavy atom. The van der Waals surface area contributed by atoms with E-state index in [1.807, 2.05) is 24.3 Å².